The number of hydrogen-bond donors (Lipinski definition) is 1. The Kier molecular flexibility index (Phi) is 6.76. The maximum atomic E-state index is 11.7. The predicted octanol–water partition coefficient (Wildman–Crippen LogP) is 7.62. The molecule has 0 amide bonds. The molecule has 4 aromatic rings. The van der Waals surface area contributed by atoms with E-state index in [-0.39, 0.29) is 4.90 Å². The Hall–Kier alpha value is -3.95. The summed E-state index contributed by atoms with van der Waals surface area (Å²) in [5.41, 5.74) is 3.18. The number of ether oxygens (including phenoxy) is 1. The summed E-state index contributed by atoms with van der Waals surface area (Å²) in [7, 11) is -4.40. The lowest BCUT2D eigenvalue weighted by Gasteiger charge is -2.07. The van der Waals surface area contributed by atoms with Gasteiger partial charge in [-0.1, -0.05) is 24.3 Å². The van der Waals surface area contributed by atoms with Crippen molar-refractivity contribution in [1.82, 2.24) is 0 Å². The lowest BCUT2D eigenvalue weighted by atomic mass is 10.1. The van der Waals surface area contributed by atoms with E-state index in [1.807, 2.05) is 50.2 Å². The highest BCUT2D eigenvalue weighted by Crippen LogP contribution is 2.37. The van der Waals surface area contributed by atoms with Gasteiger partial charge in [0.2, 0.25) is 0 Å². The summed E-state index contributed by atoms with van der Waals surface area (Å²) in [6.07, 6.45) is 0. The van der Waals surface area contributed by atoms with Gasteiger partial charge in [-0.25, -0.2) is 0 Å². The first-order chi connectivity index (χ1) is 16.3. The van der Waals surface area contributed by atoms with Crippen molar-refractivity contribution in [3.63, 3.8) is 0 Å². The average molecular weight is 475 g/mol. The van der Waals surface area contributed by atoms with E-state index in [0.717, 1.165) is 11.3 Å². The molecule has 0 spiro atoms. The summed E-state index contributed by atoms with van der Waals surface area (Å²) in [6, 6.07) is 22.4. The zero-order valence-corrected chi connectivity index (χ0v) is 19.4. The van der Waals surface area contributed by atoms with Crippen molar-refractivity contribution in [2.75, 3.05) is 6.61 Å². The maximum absolute atomic E-state index is 11.7. The van der Waals surface area contributed by atoms with Crippen LogP contribution in [0, 0.1) is 6.92 Å². The second kappa shape index (κ2) is 9.90. The molecule has 172 valence electrons. The number of hydrogen-bond acceptors (Lipinski definition) is 7. The first-order valence-electron chi connectivity index (χ1n) is 10.5. The van der Waals surface area contributed by atoms with Crippen LogP contribution in [0.1, 0.15) is 12.5 Å². The van der Waals surface area contributed by atoms with Crippen LogP contribution in [-0.4, -0.2) is 19.6 Å². The molecule has 0 aliphatic rings. The molecular weight excluding hydrogens is 452 g/mol. The number of aryl methyl sites for hydroxylation is 1. The fraction of sp³-hybridized carbons (Fsp3) is 0.120. The predicted molar refractivity (Wildman–Crippen MR) is 131 cm³/mol. The standard InChI is InChI=1S/C25H22N4O4S/c1-3-33-19-9-12-23(17(2)15-19)27-29-24-13-14-25(28-26-18-7-5-4-6-8-18)22-16-20(34(30,31)32)10-11-21(22)24/h4-16H,3H2,1-2H3,(H,30,31,32). The zero-order chi connectivity index (χ0) is 24.1. The summed E-state index contributed by atoms with van der Waals surface area (Å²) < 4.78 is 38.5. The molecule has 8 nitrogen and oxygen atoms in total. The van der Waals surface area contributed by atoms with Crippen LogP contribution in [-0.2, 0) is 10.1 Å². The van der Waals surface area contributed by atoms with Crippen LogP contribution >= 0.6 is 0 Å². The summed E-state index contributed by atoms with van der Waals surface area (Å²) in [4.78, 5) is -0.243. The van der Waals surface area contributed by atoms with E-state index in [2.05, 4.69) is 20.5 Å². The zero-order valence-electron chi connectivity index (χ0n) is 18.6. The molecule has 4 aromatic carbocycles. The number of nitrogens with zero attached hydrogens (tertiary/aromatic N) is 4. The van der Waals surface area contributed by atoms with Gasteiger partial charge in [-0.05, 0) is 74.0 Å². The van der Waals surface area contributed by atoms with Crippen molar-refractivity contribution in [3.05, 3.63) is 84.4 Å². The highest BCUT2D eigenvalue weighted by molar-refractivity contribution is 7.85. The fourth-order valence-corrected chi connectivity index (χ4v) is 3.85. The minimum atomic E-state index is -4.40. The van der Waals surface area contributed by atoms with Crippen molar-refractivity contribution >= 4 is 43.6 Å². The Morgan fingerprint density at radius 3 is 2.09 bits per heavy atom. The van der Waals surface area contributed by atoms with Gasteiger partial charge in [0.25, 0.3) is 10.1 Å². The van der Waals surface area contributed by atoms with Crippen molar-refractivity contribution in [1.29, 1.82) is 0 Å². The third-order valence-electron chi connectivity index (χ3n) is 5.01. The van der Waals surface area contributed by atoms with E-state index in [1.165, 1.54) is 12.1 Å². The molecule has 0 radical (unpaired) electrons. The van der Waals surface area contributed by atoms with Crippen LogP contribution in [0.4, 0.5) is 22.7 Å². The molecule has 0 saturated carbocycles. The maximum Gasteiger partial charge on any atom is 0.294 e. The SMILES string of the molecule is CCOc1ccc(N=Nc2ccc(N=Nc3ccccc3)c3cc(S(=O)(=O)O)ccc23)c(C)c1. The van der Waals surface area contributed by atoms with Crippen LogP contribution in [0.5, 0.6) is 5.75 Å². The second-order valence-corrected chi connectivity index (χ2v) is 8.82. The van der Waals surface area contributed by atoms with Gasteiger partial charge < -0.3 is 4.74 Å². The molecule has 0 fully saturated rings. The Balaban J connectivity index is 1.78. The van der Waals surface area contributed by atoms with Crippen LogP contribution < -0.4 is 4.74 Å². The fourth-order valence-electron chi connectivity index (χ4n) is 3.34. The van der Waals surface area contributed by atoms with Gasteiger partial charge in [-0.15, -0.1) is 10.2 Å². The molecule has 0 aliphatic heterocycles. The van der Waals surface area contributed by atoms with E-state index in [0.29, 0.717) is 40.1 Å². The lowest BCUT2D eigenvalue weighted by Crippen LogP contribution is -1.97. The molecule has 0 atom stereocenters. The van der Waals surface area contributed by atoms with Crippen molar-refractivity contribution < 1.29 is 17.7 Å². The molecule has 0 aromatic heterocycles. The molecule has 0 aliphatic carbocycles. The van der Waals surface area contributed by atoms with Crippen molar-refractivity contribution in [2.45, 2.75) is 18.7 Å². The minimum absolute atomic E-state index is 0.243. The lowest BCUT2D eigenvalue weighted by molar-refractivity contribution is 0.340. The molecule has 34 heavy (non-hydrogen) atoms. The van der Waals surface area contributed by atoms with Gasteiger partial charge in [0.1, 0.15) is 5.75 Å². The van der Waals surface area contributed by atoms with E-state index >= 15 is 0 Å². The molecule has 0 saturated heterocycles. The van der Waals surface area contributed by atoms with Gasteiger partial charge in [0.05, 0.1) is 34.3 Å². The van der Waals surface area contributed by atoms with E-state index < -0.39 is 10.1 Å². The van der Waals surface area contributed by atoms with Gasteiger partial charge in [0, 0.05) is 10.8 Å². The van der Waals surface area contributed by atoms with Gasteiger partial charge in [-0.3, -0.25) is 4.55 Å². The summed E-state index contributed by atoms with van der Waals surface area (Å²) >= 11 is 0. The summed E-state index contributed by atoms with van der Waals surface area (Å²) in [5, 5.41) is 18.4. The molecule has 0 bridgehead atoms. The quantitative estimate of drug-likeness (QED) is 0.219. The topological polar surface area (TPSA) is 113 Å². The highest BCUT2D eigenvalue weighted by Gasteiger charge is 2.14. The molecular formula is C25H22N4O4S. The first kappa shape index (κ1) is 23.2. The van der Waals surface area contributed by atoms with Crippen LogP contribution in [0.25, 0.3) is 10.8 Å². The number of rotatable bonds is 7. The number of azo groups is 2. The van der Waals surface area contributed by atoms with Crippen molar-refractivity contribution in [2.24, 2.45) is 20.5 Å². The summed E-state index contributed by atoms with van der Waals surface area (Å²) in [5.74, 6) is 0.760. The molecule has 9 heteroatoms. The third-order valence-corrected chi connectivity index (χ3v) is 5.86. The normalized spacial score (nSPS) is 12.1. The van der Waals surface area contributed by atoms with Gasteiger partial charge >= 0.3 is 0 Å². The van der Waals surface area contributed by atoms with Crippen molar-refractivity contribution in [3.8, 4) is 5.75 Å². The minimum Gasteiger partial charge on any atom is -0.494 e. The molecule has 0 unspecified atom stereocenters. The summed E-state index contributed by atoms with van der Waals surface area (Å²) in [6.45, 7) is 4.41. The van der Waals surface area contributed by atoms with Crippen LogP contribution in [0.15, 0.2) is 104 Å². The monoisotopic (exact) mass is 474 g/mol. The molecule has 1 N–H and O–H groups in total. The molecule has 0 heterocycles. The Morgan fingerprint density at radius 1 is 0.765 bits per heavy atom. The highest BCUT2D eigenvalue weighted by atomic mass is 32.2. The van der Waals surface area contributed by atoms with E-state index in [4.69, 9.17) is 4.74 Å². The Bertz CT molecular complexity index is 1500. The second-order valence-electron chi connectivity index (χ2n) is 7.40. The van der Waals surface area contributed by atoms with Crippen LogP contribution in [0.2, 0.25) is 0 Å². The third kappa shape index (κ3) is 5.33. The van der Waals surface area contributed by atoms with Gasteiger partial charge in [-0.2, -0.15) is 18.6 Å². The molecule has 4 rings (SSSR count). The Labute approximate surface area is 197 Å². The largest absolute Gasteiger partial charge is 0.494 e. The van der Waals surface area contributed by atoms with E-state index in [9.17, 15) is 13.0 Å². The number of fused-ring (bicyclic) bond motifs is 1. The van der Waals surface area contributed by atoms with E-state index in [1.54, 1.807) is 30.3 Å². The van der Waals surface area contributed by atoms with Crippen LogP contribution in [0.3, 0.4) is 0 Å². The smallest absolute Gasteiger partial charge is 0.294 e. The van der Waals surface area contributed by atoms with Gasteiger partial charge in [0.15, 0.2) is 0 Å². The first-order valence-corrected chi connectivity index (χ1v) is 12.0. The number of benzene rings is 4. The Morgan fingerprint density at radius 2 is 1.41 bits per heavy atom. The average Bonchev–Trinajstić information content (AvgIpc) is 2.82.